The Labute approximate surface area is 405 Å². The number of rotatable bonds is 45. The van der Waals surface area contributed by atoms with Gasteiger partial charge in [-0.3, -0.25) is 14.4 Å². The van der Waals surface area contributed by atoms with Crippen molar-refractivity contribution in [1.29, 1.82) is 0 Å². The zero-order valence-electron chi connectivity index (χ0n) is 42.1. The maximum Gasteiger partial charge on any atom is 0.306 e. The van der Waals surface area contributed by atoms with Crippen molar-refractivity contribution in [2.45, 2.75) is 213 Å². The van der Waals surface area contributed by atoms with Gasteiger partial charge in [-0.2, -0.15) is 0 Å². The second-order valence-corrected chi connectivity index (χ2v) is 16.9. The molecule has 6 nitrogen and oxygen atoms in total. The second-order valence-electron chi connectivity index (χ2n) is 16.9. The first-order chi connectivity index (χ1) is 32.5. The van der Waals surface area contributed by atoms with Crippen molar-refractivity contribution in [3.05, 3.63) is 134 Å². The molecule has 6 heteroatoms. The van der Waals surface area contributed by atoms with Gasteiger partial charge in [0.15, 0.2) is 6.10 Å². The van der Waals surface area contributed by atoms with Gasteiger partial charge in [-0.05, 0) is 83.5 Å². The molecule has 0 aromatic carbocycles. The molecule has 0 N–H and O–H groups in total. The summed E-state index contributed by atoms with van der Waals surface area (Å²) in [5, 5.41) is 0. The van der Waals surface area contributed by atoms with E-state index in [0.717, 1.165) is 109 Å². The summed E-state index contributed by atoms with van der Waals surface area (Å²) in [5.74, 6) is -0.996. The summed E-state index contributed by atoms with van der Waals surface area (Å²) in [7, 11) is 0. The van der Waals surface area contributed by atoms with Crippen LogP contribution in [0.5, 0.6) is 0 Å². The monoisotopic (exact) mass is 911 g/mol. The highest BCUT2D eigenvalue weighted by Gasteiger charge is 2.19. The number of carbonyl (C=O) groups excluding carboxylic acids is 3. The first-order valence-corrected chi connectivity index (χ1v) is 26.3. The Morgan fingerprint density at radius 1 is 0.318 bits per heavy atom. The summed E-state index contributed by atoms with van der Waals surface area (Å²) in [4.78, 5) is 38.0. The molecule has 0 saturated heterocycles. The fourth-order valence-electron chi connectivity index (χ4n) is 6.64. The van der Waals surface area contributed by atoms with E-state index in [1.54, 1.807) is 0 Å². The second kappa shape index (κ2) is 53.2. The first-order valence-electron chi connectivity index (χ1n) is 26.3. The van der Waals surface area contributed by atoms with Crippen LogP contribution >= 0.6 is 0 Å². The quantitative estimate of drug-likeness (QED) is 0.0199. The van der Waals surface area contributed by atoms with Gasteiger partial charge < -0.3 is 14.2 Å². The van der Waals surface area contributed by atoms with Gasteiger partial charge in [0.05, 0.1) is 0 Å². The van der Waals surface area contributed by atoms with Crippen LogP contribution in [0, 0.1) is 0 Å². The van der Waals surface area contributed by atoms with Crippen LogP contribution in [0.4, 0.5) is 0 Å². The van der Waals surface area contributed by atoms with Gasteiger partial charge in [0.1, 0.15) is 13.2 Å². The lowest BCUT2D eigenvalue weighted by Crippen LogP contribution is -2.30. The van der Waals surface area contributed by atoms with Gasteiger partial charge in [-0.25, -0.2) is 0 Å². The maximum atomic E-state index is 12.8. The molecular formula is C60H94O6. The molecule has 0 aliphatic carbocycles. The Hall–Kier alpha value is -4.45. The first kappa shape index (κ1) is 61.5. The number of hydrogen-bond acceptors (Lipinski definition) is 6. The molecule has 0 spiro atoms. The molecule has 0 heterocycles. The number of esters is 3. The third kappa shape index (κ3) is 50.5. The van der Waals surface area contributed by atoms with E-state index < -0.39 is 6.10 Å². The molecule has 0 bridgehead atoms. The SMILES string of the molecule is CC\C=C/C=C\C=C/C=C\C=C\C=C/C=C\CCCCCC(=O)OCC(COC(=O)CCCCCCC/C=C\CCCC)OC(=O)CCCCCCC\C=C/C=C\C=C/CCCCCCC. The van der Waals surface area contributed by atoms with E-state index in [0.29, 0.717) is 12.8 Å². The highest BCUT2D eigenvalue weighted by Crippen LogP contribution is 2.13. The molecule has 66 heavy (non-hydrogen) atoms. The molecule has 0 amide bonds. The fourth-order valence-corrected chi connectivity index (χ4v) is 6.64. The van der Waals surface area contributed by atoms with Crippen molar-refractivity contribution < 1.29 is 28.6 Å². The number of allylic oxidation sites excluding steroid dienone is 22. The van der Waals surface area contributed by atoms with Gasteiger partial charge in [0.25, 0.3) is 0 Å². The van der Waals surface area contributed by atoms with Crippen LogP contribution in [-0.4, -0.2) is 37.2 Å². The van der Waals surface area contributed by atoms with Crippen LogP contribution < -0.4 is 0 Å². The van der Waals surface area contributed by atoms with E-state index in [1.165, 1.54) is 57.8 Å². The van der Waals surface area contributed by atoms with Gasteiger partial charge in [0.2, 0.25) is 0 Å². The summed E-state index contributed by atoms with van der Waals surface area (Å²) in [6.07, 6.45) is 74.2. The summed E-state index contributed by atoms with van der Waals surface area (Å²) in [6.45, 7) is 6.35. The third-order valence-electron chi connectivity index (χ3n) is 10.6. The van der Waals surface area contributed by atoms with E-state index in [-0.39, 0.29) is 37.5 Å². The molecule has 370 valence electrons. The lowest BCUT2D eigenvalue weighted by atomic mass is 10.1. The summed E-state index contributed by atoms with van der Waals surface area (Å²) >= 11 is 0. The van der Waals surface area contributed by atoms with E-state index in [2.05, 4.69) is 81.5 Å². The topological polar surface area (TPSA) is 78.9 Å². The molecule has 0 aromatic rings. The molecular weight excluding hydrogens is 817 g/mol. The smallest absolute Gasteiger partial charge is 0.306 e. The van der Waals surface area contributed by atoms with Gasteiger partial charge in [-0.1, -0.05) is 238 Å². The average Bonchev–Trinajstić information content (AvgIpc) is 3.31. The van der Waals surface area contributed by atoms with Crippen LogP contribution in [0.25, 0.3) is 0 Å². The van der Waals surface area contributed by atoms with Crippen LogP contribution in [0.3, 0.4) is 0 Å². The predicted octanol–water partition coefficient (Wildman–Crippen LogP) is 17.5. The normalized spacial score (nSPS) is 13.2. The minimum absolute atomic E-state index is 0.111. The molecule has 0 saturated carbocycles. The number of ether oxygens (including phenoxy) is 3. The lowest BCUT2D eigenvalue weighted by molar-refractivity contribution is -0.167. The van der Waals surface area contributed by atoms with Gasteiger partial charge in [-0.15, -0.1) is 0 Å². The van der Waals surface area contributed by atoms with E-state index >= 15 is 0 Å². The minimum atomic E-state index is -0.816. The lowest BCUT2D eigenvalue weighted by Gasteiger charge is -2.18. The minimum Gasteiger partial charge on any atom is -0.462 e. The van der Waals surface area contributed by atoms with Crippen molar-refractivity contribution in [3.8, 4) is 0 Å². The van der Waals surface area contributed by atoms with Crippen LogP contribution in [0.2, 0.25) is 0 Å². The zero-order chi connectivity index (χ0) is 47.9. The van der Waals surface area contributed by atoms with Gasteiger partial charge >= 0.3 is 17.9 Å². The molecule has 0 radical (unpaired) electrons. The largest absolute Gasteiger partial charge is 0.462 e. The van der Waals surface area contributed by atoms with Crippen molar-refractivity contribution in [2.24, 2.45) is 0 Å². The fraction of sp³-hybridized carbons (Fsp3) is 0.583. The van der Waals surface area contributed by atoms with Crippen molar-refractivity contribution >= 4 is 17.9 Å². The van der Waals surface area contributed by atoms with E-state index in [4.69, 9.17) is 14.2 Å². The Balaban J connectivity index is 4.55. The Morgan fingerprint density at radius 3 is 1.03 bits per heavy atom. The number of unbranched alkanes of at least 4 members (excludes halogenated alkanes) is 20. The molecule has 1 atom stereocenters. The summed E-state index contributed by atoms with van der Waals surface area (Å²) < 4.78 is 16.7. The zero-order valence-corrected chi connectivity index (χ0v) is 42.1. The molecule has 0 fully saturated rings. The predicted molar refractivity (Wildman–Crippen MR) is 283 cm³/mol. The van der Waals surface area contributed by atoms with Crippen LogP contribution in [0.1, 0.15) is 207 Å². The summed E-state index contributed by atoms with van der Waals surface area (Å²) in [5.41, 5.74) is 0. The number of carbonyl (C=O) groups is 3. The highest BCUT2D eigenvalue weighted by atomic mass is 16.6. The van der Waals surface area contributed by atoms with E-state index in [1.807, 2.05) is 72.9 Å². The average molecular weight is 911 g/mol. The Kier molecular flexibility index (Phi) is 49.6. The van der Waals surface area contributed by atoms with Crippen LogP contribution in [0.15, 0.2) is 134 Å². The third-order valence-corrected chi connectivity index (χ3v) is 10.6. The molecule has 0 rings (SSSR count). The molecule has 0 aliphatic heterocycles. The maximum absolute atomic E-state index is 12.8. The highest BCUT2D eigenvalue weighted by molar-refractivity contribution is 5.71. The van der Waals surface area contributed by atoms with Crippen molar-refractivity contribution in [2.75, 3.05) is 13.2 Å². The molecule has 0 aromatic heterocycles. The molecule has 1 unspecified atom stereocenters. The van der Waals surface area contributed by atoms with Crippen molar-refractivity contribution in [1.82, 2.24) is 0 Å². The number of hydrogen-bond donors (Lipinski definition) is 0. The van der Waals surface area contributed by atoms with Crippen LogP contribution in [-0.2, 0) is 28.6 Å². The Morgan fingerprint density at radius 2 is 0.621 bits per heavy atom. The van der Waals surface area contributed by atoms with E-state index in [9.17, 15) is 14.4 Å². The van der Waals surface area contributed by atoms with Gasteiger partial charge in [0, 0.05) is 19.3 Å². The molecule has 0 aliphatic rings. The standard InChI is InChI=1S/C60H94O6/c1-4-7-10-13-16-19-22-24-26-28-30-32-33-35-38-41-44-47-50-53-59(62)65-56-57(55-64-58(61)52-49-46-43-40-37-21-18-15-12-9-6-3)66-60(63)54-51-48-45-42-39-36-34-31-29-27-25-23-20-17-14-11-8-5-2/h7,10,13,15-16,18-19,22-35,38,57H,4-6,8-9,11-12,14,17,20-21,36-37,39-56H2,1-3H3/b10-7-,16-13-,18-15-,22-19-,25-23-,26-24-,29-27-,30-28+,33-32-,34-31-,38-35-. The Bertz CT molecular complexity index is 1460. The summed E-state index contributed by atoms with van der Waals surface area (Å²) in [6, 6.07) is 0. The van der Waals surface area contributed by atoms with Crippen molar-refractivity contribution in [3.63, 3.8) is 0 Å².